The fraction of sp³-hybridized carbons (Fsp3) is 0.348. The summed E-state index contributed by atoms with van der Waals surface area (Å²) in [5, 5.41) is 2.57. The van der Waals surface area contributed by atoms with Gasteiger partial charge in [0.15, 0.2) is 5.54 Å². The van der Waals surface area contributed by atoms with Crippen LogP contribution in [-0.4, -0.2) is 30.9 Å². The van der Waals surface area contributed by atoms with Crippen LogP contribution in [0.3, 0.4) is 0 Å². The highest BCUT2D eigenvalue weighted by Crippen LogP contribution is 2.42. The molecule has 6 heteroatoms. The van der Waals surface area contributed by atoms with Crippen molar-refractivity contribution in [3.63, 3.8) is 0 Å². The van der Waals surface area contributed by atoms with Crippen molar-refractivity contribution in [2.45, 2.75) is 45.3 Å². The molecular formula is C23H25NO5. The molecule has 0 bridgehead atoms. The highest BCUT2D eigenvalue weighted by Gasteiger charge is 2.57. The lowest BCUT2D eigenvalue weighted by atomic mass is 9.83. The van der Waals surface area contributed by atoms with Crippen molar-refractivity contribution in [2.24, 2.45) is 0 Å². The normalized spacial score (nSPS) is 14.9. The molecule has 1 aliphatic rings. The van der Waals surface area contributed by atoms with Crippen LogP contribution in [0.5, 0.6) is 5.75 Å². The zero-order valence-electron chi connectivity index (χ0n) is 17.2. The predicted molar refractivity (Wildman–Crippen MR) is 109 cm³/mol. The van der Waals surface area contributed by atoms with Crippen molar-refractivity contribution in [1.82, 2.24) is 5.32 Å². The van der Waals surface area contributed by atoms with Crippen LogP contribution in [0.2, 0.25) is 0 Å². The molecule has 0 fully saturated rings. The topological polar surface area (TPSA) is 81.7 Å². The first-order valence-corrected chi connectivity index (χ1v) is 9.58. The summed E-state index contributed by atoms with van der Waals surface area (Å²) in [7, 11) is 1.47. The molecule has 0 saturated heterocycles. The summed E-state index contributed by atoms with van der Waals surface area (Å²) < 4.78 is 10.7. The Morgan fingerprint density at radius 2 is 1.55 bits per heavy atom. The standard InChI is InChI=1S/C23H25NO5/c1-13(2)15-10-11-18(19(12-15)28-5)23(24-22(27)29-14(3)4)20(25)16-8-6-7-9-17(16)21(23)26/h6-14H,1-5H3,(H,24,27). The van der Waals surface area contributed by atoms with Gasteiger partial charge in [0.05, 0.1) is 13.2 Å². The SMILES string of the molecule is COc1cc(C(C)C)ccc1C1(NC(=O)OC(C)C)C(=O)c2ccccc2C1=O. The highest BCUT2D eigenvalue weighted by atomic mass is 16.6. The summed E-state index contributed by atoms with van der Waals surface area (Å²) >= 11 is 0. The Labute approximate surface area is 170 Å². The number of carbonyl (C=O) groups is 3. The van der Waals surface area contributed by atoms with E-state index in [1.807, 2.05) is 19.9 Å². The van der Waals surface area contributed by atoms with Gasteiger partial charge in [-0.05, 0) is 31.4 Å². The number of nitrogens with one attached hydrogen (secondary N) is 1. The second-order valence-corrected chi connectivity index (χ2v) is 7.65. The Kier molecular flexibility index (Phi) is 5.46. The average Bonchev–Trinajstić information content (AvgIpc) is 2.89. The van der Waals surface area contributed by atoms with Crippen LogP contribution >= 0.6 is 0 Å². The molecule has 0 atom stereocenters. The van der Waals surface area contributed by atoms with E-state index in [1.54, 1.807) is 50.2 Å². The largest absolute Gasteiger partial charge is 0.496 e. The van der Waals surface area contributed by atoms with Crippen molar-refractivity contribution >= 4 is 17.7 Å². The van der Waals surface area contributed by atoms with Gasteiger partial charge in [-0.15, -0.1) is 0 Å². The summed E-state index contributed by atoms with van der Waals surface area (Å²) in [5.74, 6) is -0.431. The molecule has 1 amide bonds. The second-order valence-electron chi connectivity index (χ2n) is 7.65. The number of methoxy groups -OCH3 is 1. The molecule has 0 radical (unpaired) electrons. The molecule has 2 aromatic rings. The minimum atomic E-state index is -1.93. The zero-order chi connectivity index (χ0) is 21.3. The van der Waals surface area contributed by atoms with E-state index in [0.29, 0.717) is 5.75 Å². The van der Waals surface area contributed by atoms with Gasteiger partial charge in [-0.1, -0.05) is 50.2 Å². The Morgan fingerprint density at radius 1 is 0.966 bits per heavy atom. The van der Waals surface area contributed by atoms with Crippen LogP contribution in [0.4, 0.5) is 4.79 Å². The molecule has 29 heavy (non-hydrogen) atoms. The molecule has 6 nitrogen and oxygen atoms in total. The first-order valence-electron chi connectivity index (χ1n) is 9.58. The third-order valence-electron chi connectivity index (χ3n) is 5.03. The minimum absolute atomic E-state index is 0.222. The van der Waals surface area contributed by atoms with E-state index in [4.69, 9.17) is 9.47 Å². The van der Waals surface area contributed by atoms with Crippen LogP contribution in [0, 0.1) is 0 Å². The van der Waals surface area contributed by atoms with E-state index in [-0.39, 0.29) is 22.6 Å². The van der Waals surface area contributed by atoms with Gasteiger partial charge in [0.25, 0.3) is 0 Å². The first kappa shape index (κ1) is 20.6. The Bertz CT molecular complexity index is 942. The maximum Gasteiger partial charge on any atom is 0.408 e. The maximum absolute atomic E-state index is 13.5. The molecule has 152 valence electrons. The van der Waals surface area contributed by atoms with Crippen molar-refractivity contribution in [1.29, 1.82) is 0 Å². The summed E-state index contributed by atoms with van der Waals surface area (Å²) in [4.78, 5) is 39.5. The molecule has 0 saturated carbocycles. The van der Waals surface area contributed by atoms with Gasteiger partial charge in [-0.3, -0.25) is 14.9 Å². The molecule has 0 spiro atoms. The summed E-state index contributed by atoms with van der Waals surface area (Å²) in [6.45, 7) is 7.45. The van der Waals surface area contributed by atoms with E-state index < -0.39 is 29.3 Å². The zero-order valence-corrected chi connectivity index (χ0v) is 17.2. The number of ketones is 2. The molecule has 3 rings (SSSR count). The van der Waals surface area contributed by atoms with Crippen LogP contribution in [0.1, 0.15) is 65.5 Å². The maximum atomic E-state index is 13.5. The molecule has 0 heterocycles. The summed E-state index contributed by atoms with van der Waals surface area (Å²) in [6.07, 6.45) is -1.25. The molecule has 1 N–H and O–H groups in total. The number of Topliss-reactive ketones (excluding diaryl/α,β-unsaturated/α-hetero) is 2. The van der Waals surface area contributed by atoms with Crippen LogP contribution in [0.25, 0.3) is 0 Å². The molecule has 0 unspecified atom stereocenters. The van der Waals surface area contributed by atoms with Crippen molar-refractivity contribution in [3.05, 3.63) is 64.7 Å². The van der Waals surface area contributed by atoms with Gasteiger partial charge in [0.2, 0.25) is 11.6 Å². The van der Waals surface area contributed by atoms with Gasteiger partial charge in [-0.2, -0.15) is 0 Å². The van der Waals surface area contributed by atoms with E-state index in [2.05, 4.69) is 5.32 Å². The van der Waals surface area contributed by atoms with Crippen LogP contribution < -0.4 is 10.1 Å². The second kappa shape index (κ2) is 7.70. The monoisotopic (exact) mass is 395 g/mol. The number of hydrogen-bond acceptors (Lipinski definition) is 5. The molecule has 2 aromatic carbocycles. The van der Waals surface area contributed by atoms with Crippen molar-refractivity contribution in [3.8, 4) is 5.75 Å². The van der Waals surface area contributed by atoms with Crippen molar-refractivity contribution in [2.75, 3.05) is 7.11 Å². The lowest BCUT2D eigenvalue weighted by Gasteiger charge is -2.29. The number of ether oxygens (including phenoxy) is 2. The van der Waals surface area contributed by atoms with Gasteiger partial charge in [-0.25, -0.2) is 4.79 Å². The van der Waals surface area contributed by atoms with E-state index in [1.165, 1.54) is 7.11 Å². The third kappa shape index (κ3) is 3.39. The number of amides is 1. The molecule has 0 aliphatic heterocycles. The van der Waals surface area contributed by atoms with Crippen molar-refractivity contribution < 1.29 is 23.9 Å². The molecule has 0 aromatic heterocycles. The summed E-state index contributed by atoms with van der Waals surface area (Å²) in [6, 6.07) is 11.8. The van der Waals surface area contributed by atoms with Crippen LogP contribution in [0.15, 0.2) is 42.5 Å². The van der Waals surface area contributed by atoms with Gasteiger partial charge in [0.1, 0.15) is 5.75 Å². The third-order valence-corrected chi connectivity index (χ3v) is 5.03. The minimum Gasteiger partial charge on any atom is -0.496 e. The fourth-order valence-corrected chi connectivity index (χ4v) is 3.59. The smallest absolute Gasteiger partial charge is 0.408 e. The van der Waals surface area contributed by atoms with Gasteiger partial charge in [0, 0.05) is 16.7 Å². The first-order chi connectivity index (χ1) is 13.7. The highest BCUT2D eigenvalue weighted by molar-refractivity contribution is 6.33. The van der Waals surface area contributed by atoms with Gasteiger partial charge >= 0.3 is 6.09 Å². The summed E-state index contributed by atoms with van der Waals surface area (Å²) in [5.41, 5.74) is -0.136. The Morgan fingerprint density at radius 3 is 2.03 bits per heavy atom. The van der Waals surface area contributed by atoms with E-state index in [9.17, 15) is 14.4 Å². The predicted octanol–water partition coefficient (Wildman–Crippen LogP) is 4.23. The lowest BCUT2D eigenvalue weighted by Crippen LogP contribution is -2.54. The van der Waals surface area contributed by atoms with Gasteiger partial charge < -0.3 is 9.47 Å². The van der Waals surface area contributed by atoms with Crippen LogP contribution in [-0.2, 0) is 10.3 Å². The number of benzene rings is 2. The number of rotatable bonds is 5. The number of hydrogen-bond donors (Lipinski definition) is 1. The lowest BCUT2D eigenvalue weighted by molar-refractivity contribution is 0.0686. The number of fused-ring (bicyclic) bond motifs is 1. The van der Waals surface area contributed by atoms with E-state index in [0.717, 1.165) is 5.56 Å². The molecular weight excluding hydrogens is 370 g/mol. The van der Waals surface area contributed by atoms with E-state index >= 15 is 0 Å². The average molecular weight is 395 g/mol. The number of alkyl carbamates (subject to hydrolysis) is 1. The number of carbonyl (C=O) groups excluding carboxylic acids is 3. The Balaban J connectivity index is 2.22. The molecule has 1 aliphatic carbocycles. The Hall–Kier alpha value is -3.15. The fourth-order valence-electron chi connectivity index (χ4n) is 3.59. The quantitative estimate of drug-likeness (QED) is 0.766.